The molecule has 118 valence electrons. The van der Waals surface area contributed by atoms with E-state index in [9.17, 15) is 9.59 Å². The van der Waals surface area contributed by atoms with Gasteiger partial charge in [0.15, 0.2) is 0 Å². The lowest BCUT2D eigenvalue weighted by molar-refractivity contribution is -0.130. The number of hydrogen-bond donors (Lipinski definition) is 0. The van der Waals surface area contributed by atoms with Crippen LogP contribution in [0.3, 0.4) is 0 Å². The number of ether oxygens (including phenoxy) is 1. The first kappa shape index (κ1) is 15.3. The van der Waals surface area contributed by atoms with Gasteiger partial charge in [0.2, 0.25) is 0 Å². The Labute approximate surface area is 132 Å². The minimum absolute atomic E-state index is 0.0430. The van der Waals surface area contributed by atoms with Gasteiger partial charge in [0.1, 0.15) is 22.9 Å². The van der Waals surface area contributed by atoms with Crippen LogP contribution in [0.5, 0.6) is 5.75 Å². The van der Waals surface area contributed by atoms with Crippen LogP contribution < -0.4 is 4.74 Å². The molecule has 1 aromatic rings. The zero-order valence-electron chi connectivity index (χ0n) is 14.1. The zero-order valence-corrected chi connectivity index (χ0v) is 14.1. The van der Waals surface area contributed by atoms with E-state index in [0.29, 0.717) is 12.8 Å². The van der Waals surface area contributed by atoms with Crippen molar-refractivity contribution in [1.29, 1.82) is 0 Å². The molecule has 0 unspecified atom stereocenters. The van der Waals surface area contributed by atoms with Crippen LogP contribution in [0, 0.1) is 20.8 Å². The first-order valence-corrected chi connectivity index (χ1v) is 8.04. The van der Waals surface area contributed by atoms with Crippen LogP contribution in [0.15, 0.2) is 0 Å². The highest BCUT2D eigenvalue weighted by Crippen LogP contribution is 2.46. The van der Waals surface area contributed by atoms with Gasteiger partial charge in [0, 0.05) is 24.8 Å². The highest BCUT2D eigenvalue weighted by molar-refractivity contribution is 6.02. The molecule has 22 heavy (non-hydrogen) atoms. The van der Waals surface area contributed by atoms with E-state index in [4.69, 9.17) is 4.74 Å². The minimum atomic E-state index is -0.179. The molecular formula is C19H24O3. The van der Waals surface area contributed by atoms with Gasteiger partial charge in [-0.1, -0.05) is 0 Å². The van der Waals surface area contributed by atoms with Crippen molar-refractivity contribution >= 4 is 11.6 Å². The molecule has 0 aromatic heterocycles. The third kappa shape index (κ3) is 2.37. The summed E-state index contributed by atoms with van der Waals surface area (Å²) in [4.78, 5) is 23.7. The van der Waals surface area contributed by atoms with E-state index < -0.39 is 0 Å². The predicted molar refractivity (Wildman–Crippen MR) is 85.7 cm³/mol. The fourth-order valence-corrected chi connectivity index (χ4v) is 4.10. The number of fused-ring (bicyclic) bond motifs is 1. The van der Waals surface area contributed by atoms with Gasteiger partial charge >= 0.3 is 0 Å². The van der Waals surface area contributed by atoms with Crippen molar-refractivity contribution in [2.45, 2.75) is 71.8 Å². The highest BCUT2D eigenvalue weighted by Gasteiger charge is 2.36. The maximum atomic E-state index is 11.9. The van der Waals surface area contributed by atoms with Gasteiger partial charge in [-0.25, -0.2) is 0 Å². The van der Waals surface area contributed by atoms with E-state index in [1.54, 1.807) is 0 Å². The maximum absolute atomic E-state index is 11.9. The Morgan fingerprint density at radius 1 is 0.955 bits per heavy atom. The number of ketones is 2. The molecule has 1 aliphatic heterocycles. The van der Waals surface area contributed by atoms with Crippen LogP contribution >= 0.6 is 0 Å². The molecule has 0 spiro atoms. The van der Waals surface area contributed by atoms with Gasteiger partial charge in [-0.3, -0.25) is 9.59 Å². The van der Waals surface area contributed by atoms with Crippen molar-refractivity contribution < 1.29 is 14.3 Å². The number of carbonyl (C=O) groups is 2. The molecule has 2 aliphatic rings. The predicted octanol–water partition coefficient (Wildman–Crippen LogP) is 3.73. The molecule has 1 aliphatic carbocycles. The second-order valence-electron chi connectivity index (χ2n) is 7.49. The largest absolute Gasteiger partial charge is 0.487 e. The summed E-state index contributed by atoms with van der Waals surface area (Å²) in [6.45, 7) is 10.5. The van der Waals surface area contributed by atoms with E-state index >= 15 is 0 Å². The molecular weight excluding hydrogens is 276 g/mol. The zero-order chi connectivity index (χ0) is 16.2. The number of benzene rings is 1. The van der Waals surface area contributed by atoms with Crippen molar-refractivity contribution in [3.8, 4) is 5.75 Å². The summed E-state index contributed by atoms with van der Waals surface area (Å²) in [5, 5.41) is 0. The fraction of sp³-hybridized carbons (Fsp3) is 0.579. The number of rotatable bonds is 1. The smallest absolute Gasteiger partial charge is 0.140 e. The Kier molecular flexibility index (Phi) is 3.42. The van der Waals surface area contributed by atoms with Crippen molar-refractivity contribution in [3.63, 3.8) is 0 Å². The van der Waals surface area contributed by atoms with E-state index in [0.717, 1.165) is 17.7 Å². The summed E-state index contributed by atoms with van der Waals surface area (Å²) < 4.78 is 6.14. The van der Waals surface area contributed by atoms with Crippen LogP contribution in [0.25, 0.3) is 0 Å². The van der Waals surface area contributed by atoms with Gasteiger partial charge in [-0.05, 0) is 62.8 Å². The summed E-state index contributed by atoms with van der Waals surface area (Å²) in [5.74, 6) is 1.21. The Morgan fingerprint density at radius 3 is 2.14 bits per heavy atom. The molecule has 1 fully saturated rings. The van der Waals surface area contributed by atoms with E-state index in [1.165, 1.54) is 22.3 Å². The lowest BCUT2D eigenvalue weighted by Gasteiger charge is -2.26. The van der Waals surface area contributed by atoms with Crippen molar-refractivity contribution in [2.24, 2.45) is 0 Å². The summed E-state index contributed by atoms with van der Waals surface area (Å²) in [6.07, 6.45) is 2.00. The van der Waals surface area contributed by atoms with Crippen LogP contribution in [0.1, 0.15) is 66.8 Å². The number of hydrogen-bond acceptors (Lipinski definition) is 3. The van der Waals surface area contributed by atoms with Crippen molar-refractivity contribution in [3.05, 3.63) is 27.8 Å². The average Bonchev–Trinajstić information content (AvgIpc) is 2.72. The first-order chi connectivity index (χ1) is 10.2. The van der Waals surface area contributed by atoms with Crippen LogP contribution in [-0.4, -0.2) is 17.2 Å². The fourth-order valence-electron chi connectivity index (χ4n) is 4.10. The Morgan fingerprint density at radius 2 is 1.55 bits per heavy atom. The van der Waals surface area contributed by atoms with Gasteiger partial charge in [-0.2, -0.15) is 0 Å². The average molecular weight is 300 g/mol. The maximum Gasteiger partial charge on any atom is 0.140 e. The monoisotopic (exact) mass is 300 g/mol. The molecule has 0 amide bonds. The summed E-state index contributed by atoms with van der Waals surface area (Å²) in [7, 11) is 0. The lowest BCUT2D eigenvalue weighted by Crippen LogP contribution is -2.25. The molecule has 3 nitrogen and oxygen atoms in total. The molecule has 3 rings (SSSR count). The van der Waals surface area contributed by atoms with E-state index in [-0.39, 0.29) is 29.5 Å². The standard InChI is InChI=1S/C19H24O3/c1-10-11(2)18-16(9-19(4,5)22-18)12(3)17(10)13-6-14(20)8-15(21)7-13/h13H,6-9H2,1-5H3. The molecule has 0 saturated heterocycles. The van der Waals surface area contributed by atoms with Crippen molar-refractivity contribution in [2.75, 3.05) is 0 Å². The lowest BCUT2D eigenvalue weighted by atomic mass is 9.76. The summed E-state index contributed by atoms with van der Waals surface area (Å²) >= 11 is 0. The molecule has 3 heteroatoms. The third-order valence-corrected chi connectivity index (χ3v) is 5.17. The molecule has 0 atom stereocenters. The number of carbonyl (C=O) groups excluding carboxylic acids is 2. The Balaban J connectivity index is 2.12. The SMILES string of the molecule is Cc1c(C)c(C2CC(=O)CC(=O)C2)c(C)c2c1OC(C)(C)C2. The second-order valence-corrected chi connectivity index (χ2v) is 7.49. The first-order valence-electron chi connectivity index (χ1n) is 8.04. The topological polar surface area (TPSA) is 43.4 Å². The molecule has 1 aromatic carbocycles. The highest BCUT2D eigenvalue weighted by atomic mass is 16.5. The van der Waals surface area contributed by atoms with Gasteiger partial charge < -0.3 is 4.74 Å². The Bertz CT molecular complexity index is 667. The summed E-state index contributed by atoms with van der Waals surface area (Å²) in [5.41, 5.74) is 5.85. The Hall–Kier alpha value is -1.64. The molecule has 1 saturated carbocycles. The van der Waals surface area contributed by atoms with E-state index in [2.05, 4.69) is 34.6 Å². The molecule has 1 heterocycles. The van der Waals surface area contributed by atoms with Crippen LogP contribution in [0.2, 0.25) is 0 Å². The summed E-state index contributed by atoms with van der Waals surface area (Å²) in [6, 6.07) is 0. The van der Waals surface area contributed by atoms with Crippen LogP contribution in [0.4, 0.5) is 0 Å². The molecule has 0 N–H and O–H groups in total. The normalized spacial score (nSPS) is 21.0. The van der Waals surface area contributed by atoms with E-state index in [1.807, 2.05) is 0 Å². The minimum Gasteiger partial charge on any atom is -0.487 e. The van der Waals surface area contributed by atoms with Gasteiger partial charge in [-0.15, -0.1) is 0 Å². The third-order valence-electron chi connectivity index (χ3n) is 5.17. The van der Waals surface area contributed by atoms with Gasteiger partial charge in [0.25, 0.3) is 0 Å². The molecule has 0 radical (unpaired) electrons. The second kappa shape index (κ2) is 4.94. The van der Waals surface area contributed by atoms with Crippen LogP contribution in [-0.2, 0) is 16.0 Å². The quantitative estimate of drug-likeness (QED) is 0.742. The van der Waals surface area contributed by atoms with Crippen molar-refractivity contribution in [1.82, 2.24) is 0 Å². The number of Topliss-reactive ketones (excluding diaryl/α,β-unsaturated/α-hetero) is 2. The van der Waals surface area contributed by atoms with Gasteiger partial charge in [0.05, 0.1) is 6.42 Å². The molecule has 0 bridgehead atoms.